The minimum absolute atomic E-state index is 0.396. The monoisotopic (exact) mass is 263 g/mol. The van der Waals surface area contributed by atoms with Crippen LogP contribution in [0.25, 0.3) is 0 Å². The van der Waals surface area contributed by atoms with Gasteiger partial charge in [0.15, 0.2) is 0 Å². The molecule has 0 heterocycles. The molecule has 0 saturated heterocycles. The molecule has 2 aromatic carbocycles. The number of benzene rings is 2. The molecule has 0 atom stereocenters. The number of carbonyl (C=O) groups excluding carboxylic acids is 1. The molecular weight excluding hydrogens is 250 g/mol. The molecule has 3 rings (SSSR count). The number of carbonyl (C=O) groups is 1. The maximum Gasteiger partial charge on any atom is 0.343 e. The zero-order valence-corrected chi connectivity index (χ0v) is 10.9. The highest BCUT2D eigenvalue weighted by Crippen LogP contribution is 2.26. The summed E-state index contributed by atoms with van der Waals surface area (Å²) < 4.78 is 5.38. The molecule has 0 unspecified atom stereocenters. The Hall–Kier alpha value is -2.60. The lowest BCUT2D eigenvalue weighted by atomic mass is 10.1. The zero-order chi connectivity index (χ0) is 13.9. The van der Waals surface area contributed by atoms with Crippen molar-refractivity contribution in [2.45, 2.75) is 19.3 Å². The van der Waals surface area contributed by atoms with Crippen molar-refractivity contribution >= 4 is 5.97 Å². The molecule has 0 fully saturated rings. The molecule has 2 aromatic rings. The molecule has 20 heavy (non-hydrogen) atoms. The van der Waals surface area contributed by atoms with E-state index in [-0.39, 0.29) is 0 Å². The van der Waals surface area contributed by atoms with E-state index in [2.05, 4.69) is 0 Å². The molecule has 98 valence electrons. The third kappa shape index (κ3) is 2.41. The first-order chi connectivity index (χ1) is 9.76. The Morgan fingerprint density at radius 1 is 1.05 bits per heavy atom. The van der Waals surface area contributed by atoms with E-state index < -0.39 is 5.97 Å². The average Bonchev–Trinajstić information content (AvgIpc) is 2.95. The topological polar surface area (TPSA) is 50.1 Å². The van der Waals surface area contributed by atoms with E-state index in [0.717, 1.165) is 12.8 Å². The molecule has 0 saturated carbocycles. The molecule has 1 aliphatic carbocycles. The predicted octanol–water partition coefficient (Wildman–Crippen LogP) is 3.27. The average molecular weight is 263 g/mol. The molecule has 0 radical (unpaired) electrons. The molecule has 0 aromatic heterocycles. The van der Waals surface area contributed by atoms with Crippen LogP contribution >= 0.6 is 0 Å². The van der Waals surface area contributed by atoms with Gasteiger partial charge >= 0.3 is 5.97 Å². The van der Waals surface area contributed by atoms with Crippen molar-refractivity contribution in [3.8, 4) is 11.8 Å². The van der Waals surface area contributed by atoms with Crippen molar-refractivity contribution in [3.05, 3.63) is 64.7 Å². The van der Waals surface area contributed by atoms with Crippen LogP contribution in [0.4, 0.5) is 0 Å². The van der Waals surface area contributed by atoms with E-state index in [0.29, 0.717) is 16.9 Å². The van der Waals surface area contributed by atoms with Crippen LogP contribution in [0.1, 0.15) is 33.5 Å². The van der Waals surface area contributed by atoms with Crippen LogP contribution in [0.3, 0.4) is 0 Å². The van der Waals surface area contributed by atoms with Crippen LogP contribution in [0.2, 0.25) is 0 Å². The van der Waals surface area contributed by atoms with Crippen LogP contribution < -0.4 is 4.74 Å². The summed E-state index contributed by atoms with van der Waals surface area (Å²) in [6, 6.07) is 14.3. The fraction of sp³-hybridized carbons (Fsp3) is 0.176. The Morgan fingerprint density at radius 2 is 1.80 bits per heavy atom. The van der Waals surface area contributed by atoms with Crippen LogP contribution in [0.5, 0.6) is 5.75 Å². The summed E-state index contributed by atoms with van der Waals surface area (Å²) in [4.78, 5) is 12.0. The lowest BCUT2D eigenvalue weighted by Gasteiger charge is -2.06. The van der Waals surface area contributed by atoms with Gasteiger partial charge in [-0.3, -0.25) is 0 Å². The number of hydrogen-bond acceptors (Lipinski definition) is 3. The van der Waals surface area contributed by atoms with Gasteiger partial charge in [-0.05, 0) is 66.8 Å². The Morgan fingerprint density at radius 3 is 2.55 bits per heavy atom. The van der Waals surface area contributed by atoms with E-state index in [1.165, 1.54) is 17.5 Å². The minimum atomic E-state index is -0.396. The van der Waals surface area contributed by atoms with Crippen molar-refractivity contribution < 1.29 is 9.53 Å². The maximum absolute atomic E-state index is 12.0. The number of ether oxygens (including phenoxy) is 1. The number of hydrogen-bond donors (Lipinski definition) is 0. The summed E-state index contributed by atoms with van der Waals surface area (Å²) in [5.74, 6) is 0.187. The molecule has 1 aliphatic rings. The normalized spacial score (nSPS) is 12.6. The van der Waals surface area contributed by atoms with Crippen molar-refractivity contribution in [1.82, 2.24) is 0 Å². The number of nitriles is 1. The van der Waals surface area contributed by atoms with Gasteiger partial charge in [0.25, 0.3) is 0 Å². The molecule has 0 bridgehead atoms. The highest BCUT2D eigenvalue weighted by atomic mass is 16.5. The van der Waals surface area contributed by atoms with Gasteiger partial charge < -0.3 is 4.74 Å². The van der Waals surface area contributed by atoms with E-state index in [9.17, 15) is 4.79 Å². The predicted molar refractivity (Wildman–Crippen MR) is 74.6 cm³/mol. The van der Waals surface area contributed by atoms with E-state index in [4.69, 9.17) is 10.00 Å². The first kappa shape index (κ1) is 12.4. The highest BCUT2D eigenvalue weighted by molar-refractivity contribution is 5.91. The maximum atomic E-state index is 12.0. The standard InChI is InChI=1S/C17H13NO2/c18-11-12-4-6-14(7-5-12)17(19)20-16-9-8-13-2-1-3-15(13)10-16/h4-10H,1-3H2. The second-order valence-electron chi connectivity index (χ2n) is 4.86. The van der Waals surface area contributed by atoms with Gasteiger partial charge in [-0.25, -0.2) is 4.79 Å². The summed E-state index contributed by atoms with van der Waals surface area (Å²) in [6.07, 6.45) is 3.33. The van der Waals surface area contributed by atoms with Crippen molar-refractivity contribution in [2.24, 2.45) is 0 Å². The van der Waals surface area contributed by atoms with Gasteiger partial charge in [0.05, 0.1) is 17.2 Å². The summed E-state index contributed by atoms with van der Waals surface area (Å²) in [5, 5.41) is 8.73. The van der Waals surface area contributed by atoms with Gasteiger partial charge in [0.2, 0.25) is 0 Å². The van der Waals surface area contributed by atoms with Gasteiger partial charge in [0, 0.05) is 0 Å². The largest absolute Gasteiger partial charge is 0.423 e. The molecule has 0 N–H and O–H groups in total. The van der Waals surface area contributed by atoms with E-state index in [1.54, 1.807) is 24.3 Å². The number of nitrogens with zero attached hydrogens (tertiary/aromatic N) is 1. The lowest BCUT2D eigenvalue weighted by Crippen LogP contribution is -2.08. The van der Waals surface area contributed by atoms with Crippen molar-refractivity contribution in [1.29, 1.82) is 5.26 Å². The molecule has 0 aliphatic heterocycles. The summed E-state index contributed by atoms with van der Waals surface area (Å²) in [7, 11) is 0. The van der Waals surface area contributed by atoms with Crippen LogP contribution in [0, 0.1) is 11.3 Å². The van der Waals surface area contributed by atoms with Gasteiger partial charge in [-0.2, -0.15) is 5.26 Å². The van der Waals surface area contributed by atoms with Gasteiger partial charge in [-0.15, -0.1) is 0 Å². The van der Waals surface area contributed by atoms with E-state index >= 15 is 0 Å². The first-order valence-corrected chi connectivity index (χ1v) is 6.60. The molecule has 0 spiro atoms. The number of rotatable bonds is 2. The third-order valence-electron chi connectivity index (χ3n) is 3.53. The lowest BCUT2D eigenvalue weighted by molar-refractivity contribution is 0.0734. The number of esters is 1. The Balaban J connectivity index is 1.77. The van der Waals surface area contributed by atoms with Crippen molar-refractivity contribution in [2.75, 3.05) is 0 Å². The second-order valence-corrected chi connectivity index (χ2v) is 4.86. The van der Waals surface area contributed by atoms with Crippen molar-refractivity contribution in [3.63, 3.8) is 0 Å². The Kier molecular flexibility index (Phi) is 3.22. The number of fused-ring (bicyclic) bond motifs is 1. The highest BCUT2D eigenvalue weighted by Gasteiger charge is 2.13. The fourth-order valence-electron chi connectivity index (χ4n) is 2.46. The Bertz CT molecular complexity index is 696. The van der Waals surface area contributed by atoms with Gasteiger partial charge in [0.1, 0.15) is 5.75 Å². The van der Waals surface area contributed by atoms with Gasteiger partial charge in [-0.1, -0.05) is 6.07 Å². The number of aryl methyl sites for hydroxylation is 2. The molecular formula is C17H13NO2. The van der Waals surface area contributed by atoms with Crippen LogP contribution in [-0.4, -0.2) is 5.97 Å². The molecule has 3 heteroatoms. The Labute approximate surface area is 117 Å². The first-order valence-electron chi connectivity index (χ1n) is 6.60. The summed E-state index contributed by atoms with van der Waals surface area (Å²) in [6.45, 7) is 0. The van der Waals surface area contributed by atoms with Crippen LogP contribution in [0.15, 0.2) is 42.5 Å². The minimum Gasteiger partial charge on any atom is -0.423 e. The second kappa shape index (κ2) is 5.18. The smallest absolute Gasteiger partial charge is 0.343 e. The molecule has 3 nitrogen and oxygen atoms in total. The third-order valence-corrected chi connectivity index (χ3v) is 3.53. The summed E-state index contributed by atoms with van der Waals surface area (Å²) in [5.41, 5.74) is 3.60. The fourth-order valence-corrected chi connectivity index (χ4v) is 2.46. The SMILES string of the molecule is N#Cc1ccc(C(=O)Oc2ccc3c(c2)CCC3)cc1. The zero-order valence-electron chi connectivity index (χ0n) is 10.9. The summed E-state index contributed by atoms with van der Waals surface area (Å²) >= 11 is 0. The molecule has 0 amide bonds. The van der Waals surface area contributed by atoms with E-state index in [1.807, 2.05) is 24.3 Å². The van der Waals surface area contributed by atoms with Crippen LogP contribution in [-0.2, 0) is 12.8 Å². The quantitative estimate of drug-likeness (QED) is 0.617.